The minimum Gasteiger partial charge on any atom is -0.394 e. The molecule has 0 amide bonds. The summed E-state index contributed by atoms with van der Waals surface area (Å²) in [6.45, 7) is 3.40. The number of anilines is 2. The number of nitrogens with zero attached hydrogens (tertiary/aromatic N) is 8. The molecule has 5 aromatic rings. The molecule has 0 saturated heterocycles. The molecule has 0 saturated carbocycles. The maximum atomic E-state index is 9.15. The van der Waals surface area contributed by atoms with Gasteiger partial charge < -0.3 is 10.4 Å². The van der Waals surface area contributed by atoms with Gasteiger partial charge in [0.15, 0.2) is 5.82 Å². The largest absolute Gasteiger partial charge is 0.394 e. The predicted octanol–water partition coefficient (Wildman–Crippen LogP) is 3.46. The van der Waals surface area contributed by atoms with Gasteiger partial charge in [-0.05, 0) is 30.9 Å². The van der Waals surface area contributed by atoms with Crippen LogP contribution < -0.4 is 5.32 Å². The molecule has 36 heavy (non-hydrogen) atoms. The molecule has 0 aliphatic heterocycles. The second kappa shape index (κ2) is 9.04. The zero-order valence-electron chi connectivity index (χ0n) is 20.3. The van der Waals surface area contributed by atoms with Gasteiger partial charge in [0, 0.05) is 54.9 Å². The molecule has 182 valence electrons. The Kier molecular flexibility index (Phi) is 5.57. The molecule has 6 rings (SSSR count). The van der Waals surface area contributed by atoms with E-state index in [0.29, 0.717) is 12.5 Å². The number of fused-ring (bicyclic) bond motifs is 3. The highest BCUT2D eigenvalue weighted by Gasteiger charge is 2.27. The molecule has 10 nitrogen and oxygen atoms in total. The van der Waals surface area contributed by atoms with Crippen LogP contribution in [0, 0.1) is 0 Å². The molecule has 0 unspecified atom stereocenters. The summed E-state index contributed by atoms with van der Waals surface area (Å²) in [5.74, 6) is 1.24. The van der Waals surface area contributed by atoms with Crippen LogP contribution in [0.4, 0.5) is 11.8 Å². The fourth-order valence-corrected chi connectivity index (χ4v) is 4.73. The molecular weight excluding hydrogens is 454 g/mol. The van der Waals surface area contributed by atoms with Crippen LogP contribution in [-0.2, 0) is 33.0 Å². The van der Waals surface area contributed by atoms with Crippen molar-refractivity contribution < 1.29 is 5.11 Å². The van der Waals surface area contributed by atoms with E-state index in [1.54, 1.807) is 4.68 Å². The average Bonchev–Trinajstić information content (AvgIpc) is 3.63. The van der Waals surface area contributed by atoms with Crippen molar-refractivity contribution in [1.29, 1.82) is 0 Å². The number of aromatic nitrogens is 8. The Morgan fingerprint density at radius 1 is 0.972 bits per heavy atom. The average molecular weight is 482 g/mol. The van der Waals surface area contributed by atoms with Crippen molar-refractivity contribution in [2.45, 2.75) is 32.9 Å². The van der Waals surface area contributed by atoms with Crippen molar-refractivity contribution in [2.24, 2.45) is 7.05 Å². The minimum atomic E-state index is 0.0654. The molecule has 10 heteroatoms. The molecule has 2 N–H and O–H groups in total. The van der Waals surface area contributed by atoms with Crippen LogP contribution in [0.15, 0.2) is 55.1 Å². The van der Waals surface area contributed by atoms with E-state index in [9.17, 15) is 0 Å². The first-order chi connectivity index (χ1) is 17.6. The summed E-state index contributed by atoms with van der Waals surface area (Å²) in [5, 5.41) is 26.0. The van der Waals surface area contributed by atoms with Crippen LogP contribution in [0.3, 0.4) is 0 Å². The van der Waals surface area contributed by atoms with E-state index in [4.69, 9.17) is 15.2 Å². The maximum Gasteiger partial charge on any atom is 0.228 e. The lowest BCUT2D eigenvalue weighted by atomic mass is 9.91. The van der Waals surface area contributed by atoms with Crippen LogP contribution in [0.25, 0.3) is 33.6 Å². The van der Waals surface area contributed by atoms with E-state index in [1.165, 1.54) is 0 Å². The van der Waals surface area contributed by atoms with Gasteiger partial charge >= 0.3 is 0 Å². The molecule has 0 bridgehead atoms. The molecular formula is C26H27N9O. The Labute approximate surface area is 208 Å². The molecule has 0 atom stereocenters. The number of aliphatic hydroxyl groups excluding tert-OH is 1. The van der Waals surface area contributed by atoms with Gasteiger partial charge in [-0.1, -0.05) is 24.3 Å². The lowest BCUT2D eigenvalue weighted by molar-refractivity contribution is 0.269. The van der Waals surface area contributed by atoms with Crippen LogP contribution in [0.2, 0.25) is 0 Å². The van der Waals surface area contributed by atoms with Crippen LogP contribution in [0.1, 0.15) is 18.2 Å². The molecule has 4 heterocycles. The maximum absolute atomic E-state index is 9.15. The molecule has 0 fully saturated rings. The van der Waals surface area contributed by atoms with Crippen molar-refractivity contribution in [3.05, 3.63) is 66.4 Å². The van der Waals surface area contributed by atoms with Crippen LogP contribution in [0.5, 0.6) is 0 Å². The van der Waals surface area contributed by atoms with E-state index < -0.39 is 0 Å². The summed E-state index contributed by atoms with van der Waals surface area (Å²) >= 11 is 0. The summed E-state index contributed by atoms with van der Waals surface area (Å²) in [7, 11) is 1.98. The van der Waals surface area contributed by atoms with Gasteiger partial charge in [-0.2, -0.15) is 15.3 Å². The van der Waals surface area contributed by atoms with E-state index in [-0.39, 0.29) is 6.61 Å². The van der Waals surface area contributed by atoms with Crippen molar-refractivity contribution in [1.82, 2.24) is 39.3 Å². The smallest absolute Gasteiger partial charge is 0.228 e. The van der Waals surface area contributed by atoms with E-state index >= 15 is 0 Å². The summed E-state index contributed by atoms with van der Waals surface area (Å²) in [5.41, 5.74) is 8.34. The summed E-state index contributed by atoms with van der Waals surface area (Å²) in [4.78, 5) is 9.46. The number of nitrogens with one attached hydrogen (secondary N) is 1. The number of rotatable bonds is 7. The minimum absolute atomic E-state index is 0.0654. The highest BCUT2D eigenvalue weighted by Crippen LogP contribution is 2.40. The third-order valence-corrected chi connectivity index (χ3v) is 6.51. The molecule has 1 aliphatic rings. The van der Waals surface area contributed by atoms with Gasteiger partial charge in [-0.25, -0.2) is 9.97 Å². The molecule has 1 aliphatic carbocycles. The Balaban J connectivity index is 1.35. The molecule has 4 aromatic heterocycles. The first-order valence-corrected chi connectivity index (χ1v) is 12.1. The Morgan fingerprint density at radius 2 is 1.81 bits per heavy atom. The second-order valence-corrected chi connectivity index (χ2v) is 8.84. The van der Waals surface area contributed by atoms with Gasteiger partial charge in [-0.15, -0.1) is 0 Å². The fraction of sp³-hybridized carbons (Fsp3) is 0.269. The number of aliphatic hydroxyl groups is 1. The first kappa shape index (κ1) is 22.2. The second-order valence-electron chi connectivity index (χ2n) is 8.84. The number of hydrogen-bond donors (Lipinski definition) is 2. The number of aryl methyl sites for hydroxylation is 4. The SMILES string of the molecule is CCn1ccc(Nc2ncc3c(n2)-c2c(nn(C)c2-c2ccc(-c4cnn(CCO)c4)cc2)CC3)n1. The van der Waals surface area contributed by atoms with Crippen LogP contribution in [-0.4, -0.2) is 51.0 Å². The van der Waals surface area contributed by atoms with Crippen LogP contribution >= 0.6 is 0 Å². The Bertz CT molecular complexity index is 1530. The van der Waals surface area contributed by atoms with Crippen molar-refractivity contribution in [2.75, 3.05) is 11.9 Å². The Hall–Kier alpha value is -4.31. The highest BCUT2D eigenvalue weighted by molar-refractivity contribution is 5.85. The molecule has 0 spiro atoms. The summed E-state index contributed by atoms with van der Waals surface area (Å²) < 4.78 is 5.56. The van der Waals surface area contributed by atoms with Gasteiger partial charge in [0.25, 0.3) is 0 Å². The molecule has 1 aromatic carbocycles. The number of benzene rings is 1. The predicted molar refractivity (Wildman–Crippen MR) is 137 cm³/mol. The normalized spacial score (nSPS) is 12.4. The van der Waals surface area contributed by atoms with Gasteiger partial charge in [-0.3, -0.25) is 14.0 Å². The van der Waals surface area contributed by atoms with Gasteiger partial charge in [0.2, 0.25) is 5.95 Å². The molecule has 0 radical (unpaired) electrons. The monoisotopic (exact) mass is 481 g/mol. The zero-order chi connectivity index (χ0) is 24.6. The summed E-state index contributed by atoms with van der Waals surface area (Å²) in [6.07, 6.45) is 9.33. The van der Waals surface area contributed by atoms with Crippen molar-refractivity contribution >= 4 is 11.8 Å². The van der Waals surface area contributed by atoms with E-state index in [2.05, 4.69) is 51.7 Å². The highest BCUT2D eigenvalue weighted by atomic mass is 16.3. The Morgan fingerprint density at radius 3 is 2.58 bits per heavy atom. The number of hydrogen-bond acceptors (Lipinski definition) is 7. The summed E-state index contributed by atoms with van der Waals surface area (Å²) in [6, 6.07) is 10.3. The van der Waals surface area contributed by atoms with Crippen molar-refractivity contribution in [3.8, 4) is 33.6 Å². The topological polar surface area (TPSA) is 112 Å². The third-order valence-electron chi connectivity index (χ3n) is 6.51. The zero-order valence-corrected chi connectivity index (χ0v) is 20.3. The third kappa shape index (κ3) is 3.95. The van der Waals surface area contributed by atoms with Crippen molar-refractivity contribution in [3.63, 3.8) is 0 Å². The van der Waals surface area contributed by atoms with Gasteiger partial charge in [0.1, 0.15) is 0 Å². The lowest BCUT2D eigenvalue weighted by Gasteiger charge is -2.17. The van der Waals surface area contributed by atoms with E-state index in [1.807, 2.05) is 47.3 Å². The standard InChI is InChI=1S/C26H27N9O/c1-3-34-11-10-22(32-34)29-26-27-14-19-8-9-21-23(24(19)30-26)25(33(2)31-21)18-6-4-17(5-7-18)20-15-28-35(16-20)12-13-36/h4-7,10-11,14-16,36H,3,8-9,12-13H2,1-2H3,(H,27,29,30,32). The van der Waals surface area contributed by atoms with Gasteiger partial charge in [0.05, 0.1) is 36.4 Å². The van der Waals surface area contributed by atoms with E-state index in [0.717, 1.165) is 70.1 Å². The lowest BCUT2D eigenvalue weighted by Crippen LogP contribution is -2.08. The first-order valence-electron chi connectivity index (χ1n) is 12.1. The quantitative estimate of drug-likeness (QED) is 0.366. The fourth-order valence-electron chi connectivity index (χ4n) is 4.73.